The summed E-state index contributed by atoms with van der Waals surface area (Å²) in [7, 11) is 0. The quantitative estimate of drug-likeness (QED) is 0.851. The van der Waals surface area contributed by atoms with Gasteiger partial charge in [0.25, 0.3) is 0 Å². The van der Waals surface area contributed by atoms with Gasteiger partial charge in [-0.3, -0.25) is 0 Å². The zero-order valence-corrected chi connectivity index (χ0v) is 8.29. The molecule has 0 unspecified atom stereocenters. The molecule has 15 heavy (non-hydrogen) atoms. The van der Waals surface area contributed by atoms with E-state index >= 15 is 0 Å². The fourth-order valence-corrected chi connectivity index (χ4v) is 1.77. The molecule has 0 aliphatic heterocycles. The van der Waals surface area contributed by atoms with E-state index in [-0.39, 0.29) is 11.1 Å². The first-order chi connectivity index (χ1) is 7.20. The fourth-order valence-electron chi connectivity index (χ4n) is 1.25. The van der Waals surface area contributed by atoms with Gasteiger partial charge < -0.3 is 5.11 Å². The molecule has 1 aromatic carbocycles. The number of aromatic carboxylic acids is 1. The van der Waals surface area contributed by atoms with E-state index in [1.807, 2.05) is 0 Å². The number of carboxylic acid groups (broad SMARTS) is 1. The molecule has 0 saturated heterocycles. The number of rotatable bonds is 2. The van der Waals surface area contributed by atoms with Crippen LogP contribution < -0.4 is 0 Å². The van der Waals surface area contributed by atoms with Crippen LogP contribution in [0.15, 0.2) is 29.6 Å². The Bertz CT molecular complexity index is 496. The summed E-state index contributed by atoms with van der Waals surface area (Å²) in [5.41, 5.74) is 0.345. The summed E-state index contributed by atoms with van der Waals surface area (Å²) in [4.78, 5) is 10.7. The maximum absolute atomic E-state index is 13.7. The first-order valence-electron chi connectivity index (χ1n) is 4.12. The summed E-state index contributed by atoms with van der Waals surface area (Å²) >= 11 is 1.19. The summed E-state index contributed by atoms with van der Waals surface area (Å²) < 4.78 is 17.6. The topological polar surface area (TPSA) is 50.2 Å². The summed E-state index contributed by atoms with van der Waals surface area (Å²) in [6.45, 7) is 0. The third kappa shape index (κ3) is 1.73. The minimum atomic E-state index is -1.27. The molecule has 5 heteroatoms. The minimum Gasteiger partial charge on any atom is -0.478 e. The van der Waals surface area contributed by atoms with Gasteiger partial charge in [-0.15, -0.1) is 0 Å². The van der Waals surface area contributed by atoms with E-state index in [2.05, 4.69) is 4.37 Å². The molecule has 2 aromatic rings. The van der Waals surface area contributed by atoms with Crippen LogP contribution in [0, 0.1) is 5.82 Å². The molecule has 0 saturated carbocycles. The Morgan fingerprint density at radius 2 is 2.20 bits per heavy atom. The molecule has 0 aliphatic carbocycles. The first kappa shape index (κ1) is 9.79. The third-order valence-corrected chi connectivity index (χ3v) is 2.50. The third-order valence-electron chi connectivity index (χ3n) is 1.94. The second-order valence-corrected chi connectivity index (χ2v) is 3.52. The van der Waals surface area contributed by atoms with Crippen LogP contribution in [-0.2, 0) is 0 Å². The zero-order chi connectivity index (χ0) is 10.8. The van der Waals surface area contributed by atoms with Crippen molar-refractivity contribution in [1.29, 1.82) is 0 Å². The van der Waals surface area contributed by atoms with E-state index in [9.17, 15) is 9.18 Å². The van der Waals surface area contributed by atoms with Gasteiger partial charge in [-0.25, -0.2) is 9.18 Å². The van der Waals surface area contributed by atoms with Crippen molar-refractivity contribution in [2.75, 3.05) is 0 Å². The van der Waals surface area contributed by atoms with E-state index in [1.54, 1.807) is 11.4 Å². The number of hydrogen-bond donors (Lipinski definition) is 1. The molecular formula is C10H6FNO2S. The van der Waals surface area contributed by atoms with Crippen molar-refractivity contribution in [3.63, 3.8) is 0 Å². The van der Waals surface area contributed by atoms with Gasteiger partial charge in [0.05, 0.1) is 11.3 Å². The summed E-state index contributed by atoms with van der Waals surface area (Å²) in [6.07, 6.45) is 0. The van der Waals surface area contributed by atoms with Gasteiger partial charge in [0, 0.05) is 10.9 Å². The molecule has 0 aliphatic rings. The van der Waals surface area contributed by atoms with Crippen LogP contribution in [-0.4, -0.2) is 15.4 Å². The molecule has 0 radical (unpaired) electrons. The highest BCUT2D eigenvalue weighted by Crippen LogP contribution is 2.24. The number of benzene rings is 1. The number of carbonyl (C=O) groups is 1. The van der Waals surface area contributed by atoms with Crippen LogP contribution in [0.4, 0.5) is 4.39 Å². The Balaban J connectivity index is 2.59. The van der Waals surface area contributed by atoms with Crippen LogP contribution in [0.2, 0.25) is 0 Å². The SMILES string of the molecule is O=C(O)c1cccc(-c2ccsn2)c1F. The van der Waals surface area contributed by atoms with Crippen molar-refractivity contribution in [1.82, 2.24) is 4.37 Å². The molecule has 1 aromatic heterocycles. The predicted molar refractivity (Wildman–Crippen MR) is 54.5 cm³/mol. The molecular weight excluding hydrogens is 217 g/mol. The van der Waals surface area contributed by atoms with Crippen LogP contribution in [0.5, 0.6) is 0 Å². The number of nitrogens with zero attached hydrogens (tertiary/aromatic N) is 1. The molecule has 0 fully saturated rings. The van der Waals surface area contributed by atoms with Crippen LogP contribution in [0.1, 0.15) is 10.4 Å². The van der Waals surface area contributed by atoms with Crippen LogP contribution in [0.3, 0.4) is 0 Å². The van der Waals surface area contributed by atoms with Crippen LogP contribution in [0.25, 0.3) is 11.3 Å². The summed E-state index contributed by atoms with van der Waals surface area (Å²) in [5.74, 6) is -2.01. The largest absolute Gasteiger partial charge is 0.478 e. The molecule has 0 amide bonds. The Morgan fingerprint density at radius 1 is 1.40 bits per heavy atom. The van der Waals surface area contributed by atoms with Gasteiger partial charge in [0.1, 0.15) is 5.82 Å². The molecule has 2 rings (SSSR count). The highest BCUT2D eigenvalue weighted by Gasteiger charge is 2.15. The van der Waals surface area contributed by atoms with E-state index in [0.717, 1.165) is 0 Å². The van der Waals surface area contributed by atoms with Crippen molar-refractivity contribution in [3.05, 3.63) is 41.0 Å². The lowest BCUT2D eigenvalue weighted by Gasteiger charge is -2.02. The van der Waals surface area contributed by atoms with Crippen molar-refractivity contribution >= 4 is 17.5 Å². The number of carboxylic acids is 1. The highest BCUT2D eigenvalue weighted by molar-refractivity contribution is 7.03. The molecule has 0 spiro atoms. The Morgan fingerprint density at radius 3 is 2.80 bits per heavy atom. The lowest BCUT2D eigenvalue weighted by atomic mass is 10.1. The Kier molecular flexibility index (Phi) is 2.47. The molecule has 3 nitrogen and oxygen atoms in total. The van der Waals surface area contributed by atoms with E-state index < -0.39 is 11.8 Å². The van der Waals surface area contributed by atoms with Gasteiger partial charge >= 0.3 is 5.97 Å². The predicted octanol–water partition coefficient (Wildman–Crippen LogP) is 2.65. The average molecular weight is 223 g/mol. The maximum Gasteiger partial charge on any atom is 0.338 e. The lowest BCUT2D eigenvalue weighted by molar-refractivity contribution is 0.0692. The first-order valence-corrected chi connectivity index (χ1v) is 4.96. The minimum absolute atomic E-state index is 0.219. The van der Waals surface area contributed by atoms with Gasteiger partial charge in [-0.1, -0.05) is 6.07 Å². The number of aromatic nitrogens is 1. The van der Waals surface area contributed by atoms with Crippen molar-refractivity contribution in [2.24, 2.45) is 0 Å². The molecule has 0 atom stereocenters. The maximum atomic E-state index is 13.7. The van der Waals surface area contributed by atoms with E-state index in [1.165, 1.54) is 29.7 Å². The molecule has 1 N–H and O–H groups in total. The number of hydrogen-bond acceptors (Lipinski definition) is 3. The second-order valence-electron chi connectivity index (χ2n) is 2.86. The lowest BCUT2D eigenvalue weighted by Crippen LogP contribution is -2.01. The smallest absolute Gasteiger partial charge is 0.338 e. The van der Waals surface area contributed by atoms with Gasteiger partial charge in [-0.05, 0) is 29.7 Å². The molecule has 1 heterocycles. The summed E-state index contributed by atoms with van der Waals surface area (Å²) in [5, 5.41) is 10.4. The van der Waals surface area contributed by atoms with Crippen LogP contribution >= 0.6 is 11.5 Å². The molecule has 76 valence electrons. The Labute approximate surface area is 89.0 Å². The monoisotopic (exact) mass is 223 g/mol. The highest BCUT2D eigenvalue weighted by atomic mass is 32.1. The Hall–Kier alpha value is -1.75. The van der Waals surface area contributed by atoms with Crippen molar-refractivity contribution in [3.8, 4) is 11.3 Å². The van der Waals surface area contributed by atoms with Gasteiger partial charge in [-0.2, -0.15) is 4.37 Å². The average Bonchev–Trinajstić information content (AvgIpc) is 2.70. The van der Waals surface area contributed by atoms with E-state index in [4.69, 9.17) is 5.11 Å². The molecule has 0 bridgehead atoms. The van der Waals surface area contributed by atoms with Gasteiger partial charge in [0.2, 0.25) is 0 Å². The fraction of sp³-hybridized carbons (Fsp3) is 0. The van der Waals surface area contributed by atoms with Gasteiger partial charge in [0.15, 0.2) is 0 Å². The van der Waals surface area contributed by atoms with Crippen molar-refractivity contribution < 1.29 is 14.3 Å². The normalized spacial score (nSPS) is 10.2. The second kappa shape index (κ2) is 3.78. The number of halogens is 1. The van der Waals surface area contributed by atoms with E-state index in [0.29, 0.717) is 5.69 Å². The standard InChI is InChI=1S/C10H6FNO2S/c11-9-6(8-4-5-15-12-8)2-1-3-7(9)10(13)14/h1-5H,(H,13,14). The summed E-state index contributed by atoms with van der Waals surface area (Å²) in [6, 6.07) is 5.89. The van der Waals surface area contributed by atoms with Crippen molar-refractivity contribution in [2.45, 2.75) is 0 Å². The zero-order valence-electron chi connectivity index (χ0n) is 7.48.